The molecule has 0 fully saturated rings. The molecule has 1 rings (SSSR count). The summed E-state index contributed by atoms with van der Waals surface area (Å²) in [6.45, 7) is 0. The van der Waals surface area contributed by atoms with Crippen LogP contribution in [0.4, 0.5) is 0 Å². The van der Waals surface area contributed by atoms with Crippen LogP contribution in [0.25, 0.3) is 0 Å². The quantitative estimate of drug-likeness (QED) is 0.657. The summed E-state index contributed by atoms with van der Waals surface area (Å²) in [6.07, 6.45) is 0. The summed E-state index contributed by atoms with van der Waals surface area (Å²) in [5.41, 5.74) is 0. The molecule has 1 aromatic rings. The molecule has 1 N–H and O–H groups in total. The van der Waals surface area contributed by atoms with Crippen LogP contribution >= 0.6 is 27.3 Å². The Balaban J connectivity index is 3.04. The first-order valence-electron chi connectivity index (χ1n) is 1.59. The van der Waals surface area contributed by atoms with E-state index >= 15 is 0 Å². The third-order valence-corrected chi connectivity index (χ3v) is 1.82. The van der Waals surface area contributed by atoms with E-state index in [0.29, 0.717) is 4.60 Å². The zero-order valence-corrected chi connectivity index (χ0v) is 5.66. The number of nitrogens with zero attached hydrogens (tertiary/aromatic N) is 1. The standard InChI is InChI=1S/C3H2BrNOS/c4-2-1-7-3(6)5-2/h1H,(H,5,6). The predicted molar refractivity (Wildman–Crippen MR) is 31.5 cm³/mol. The van der Waals surface area contributed by atoms with Gasteiger partial charge in [-0.25, -0.2) is 0 Å². The van der Waals surface area contributed by atoms with Crippen molar-refractivity contribution in [3.05, 3.63) is 9.98 Å². The number of hydrogen-bond acceptors (Lipinski definition) is 3. The van der Waals surface area contributed by atoms with E-state index in [0.717, 1.165) is 0 Å². The van der Waals surface area contributed by atoms with E-state index in [9.17, 15) is 0 Å². The van der Waals surface area contributed by atoms with Crippen LogP contribution in [-0.2, 0) is 0 Å². The molecular formula is C3H2BrNOS. The number of halogens is 1. The van der Waals surface area contributed by atoms with Crippen LogP contribution in [0.1, 0.15) is 0 Å². The fourth-order valence-electron chi connectivity index (χ4n) is 0.245. The minimum absolute atomic E-state index is 0.104. The van der Waals surface area contributed by atoms with Gasteiger partial charge in [0.2, 0.25) is 0 Å². The molecule has 4 heteroatoms. The van der Waals surface area contributed by atoms with Gasteiger partial charge in [-0.1, -0.05) is 11.3 Å². The van der Waals surface area contributed by atoms with Crippen LogP contribution in [0.15, 0.2) is 9.98 Å². The summed E-state index contributed by atoms with van der Waals surface area (Å²) in [5.74, 6) is 0. The van der Waals surface area contributed by atoms with Crippen molar-refractivity contribution >= 4 is 27.3 Å². The lowest BCUT2D eigenvalue weighted by molar-refractivity contribution is 0.470. The van der Waals surface area contributed by atoms with Crippen LogP contribution in [0.5, 0.6) is 5.19 Å². The molecule has 1 aromatic heterocycles. The van der Waals surface area contributed by atoms with E-state index < -0.39 is 0 Å². The first kappa shape index (κ1) is 5.05. The molecule has 0 atom stereocenters. The maximum absolute atomic E-state index is 8.53. The van der Waals surface area contributed by atoms with Crippen molar-refractivity contribution in [3.63, 3.8) is 0 Å². The largest absolute Gasteiger partial charge is 0.486 e. The maximum atomic E-state index is 8.53. The molecule has 0 spiro atoms. The second-order valence-corrected chi connectivity index (χ2v) is 2.60. The maximum Gasteiger partial charge on any atom is 0.271 e. The highest BCUT2D eigenvalue weighted by Crippen LogP contribution is 2.19. The van der Waals surface area contributed by atoms with Crippen molar-refractivity contribution in [2.24, 2.45) is 0 Å². The lowest BCUT2D eigenvalue weighted by atomic mass is 11.0. The van der Waals surface area contributed by atoms with Crippen LogP contribution in [0.2, 0.25) is 0 Å². The van der Waals surface area contributed by atoms with Gasteiger partial charge in [0.15, 0.2) is 0 Å². The lowest BCUT2D eigenvalue weighted by Crippen LogP contribution is -1.56. The zero-order chi connectivity index (χ0) is 5.28. The lowest BCUT2D eigenvalue weighted by Gasteiger charge is -1.69. The molecule has 1 heterocycles. The van der Waals surface area contributed by atoms with Crippen LogP contribution < -0.4 is 0 Å². The van der Waals surface area contributed by atoms with Crippen molar-refractivity contribution in [2.45, 2.75) is 0 Å². The minimum Gasteiger partial charge on any atom is -0.486 e. The Hall–Kier alpha value is -0.0900. The monoisotopic (exact) mass is 179 g/mol. The molecule has 0 aromatic carbocycles. The van der Waals surface area contributed by atoms with Gasteiger partial charge < -0.3 is 5.11 Å². The van der Waals surface area contributed by atoms with E-state index in [1.807, 2.05) is 0 Å². The van der Waals surface area contributed by atoms with E-state index in [1.54, 1.807) is 5.38 Å². The van der Waals surface area contributed by atoms with E-state index in [2.05, 4.69) is 20.9 Å². The molecule has 0 saturated carbocycles. The first-order valence-corrected chi connectivity index (χ1v) is 3.26. The normalized spacial score (nSPS) is 9.29. The Bertz CT molecular complexity index is 147. The minimum atomic E-state index is 0.104. The van der Waals surface area contributed by atoms with Crippen molar-refractivity contribution < 1.29 is 5.11 Å². The number of aromatic hydroxyl groups is 1. The van der Waals surface area contributed by atoms with Gasteiger partial charge in [-0.15, -0.1) is 0 Å². The molecule has 0 saturated heterocycles. The molecule has 0 bridgehead atoms. The molecule has 0 radical (unpaired) electrons. The third-order valence-electron chi connectivity index (χ3n) is 0.464. The highest BCUT2D eigenvalue weighted by Gasteiger charge is 1.90. The second kappa shape index (κ2) is 1.79. The van der Waals surface area contributed by atoms with Gasteiger partial charge in [0.25, 0.3) is 5.19 Å². The highest BCUT2D eigenvalue weighted by atomic mass is 79.9. The molecule has 0 amide bonds. The molecule has 7 heavy (non-hydrogen) atoms. The average Bonchev–Trinajstić information content (AvgIpc) is 1.87. The summed E-state index contributed by atoms with van der Waals surface area (Å²) < 4.78 is 0.690. The van der Waals surface area contributed by atoms with Crippen molar-refractivity contribution in [3.8, 4) is 5.19 Å². The van der Waals surface area contributed by atoms with Crippen molar-refractivity contribution in [1.29, 1.82) is 0 Å². The summed E-state index contributed by atoms with van der Waals surface area (Å²) in [5, 5.41) is 10.4. The van der Waals surface area contributed by atoms with Gasteiger partial charge in [0, 0.05) is 5.38 Å². The SMILES string of the molecule is Oc1nc(Br)cs1. The number of rotatable bonds is 0. The van der Waals surface area contributed by atoms with Crippen LogP contribution in [0, 0.1) is 0 Å². The fraction of sp³-hybridized carbons (Fsp3) is 0. The van der Waals surface area contributed by atoms with Crippen LogP contribution in [0.3, 0.4) is 0 Å². The fourth-order valence-corrected chi connectivity index (χ4v) is 1.22. The number of hydrogen-bond donors (Lipinski definition) is 1. The molecule has 0 aliphatic heterocycles. The van der Waals surface area contributed by atoms with Crippen LogP contribution in [-0.4, -0.2) is 10.1 Å². The molecule has 38 valence electrons. The van der Waals surface area contributed by atoms with Gasteiger partial charge in [-0.2, -0.15) is 4.98 Å². The van der Waals surface area contributed by atoms with E-state index in [4.69, 9.17) is 5.11 Å². The topological polar surface area (TPSA) is 33.1 Å². The molecular weight excluding hydrogens is 178 g/mol. The summed E-state index contributed by atoms with van der Waals surface area (Å²) >= 11 is 4.27. The summed E-state index contributed by atoms with van der Waals surface area (Å²) in [4.78, 5) is 3.60. The van der Waals surface area contributed by atoms with E-state index in [1.165, 1.54) is 11.3 Å². The Morgan fingerprint density at radius 2 is 2.57 bits per heavy atom. The zero-order valence-electron chi connectivity index (χ0n) is 3.26. The van der Waals surface area contributed by atoms with Gasteiger partial charge in [0.1, 0.15) is 4.60 Å². The highest BCUT2D eigenvalue weighted by molar-refractivity contribution is 9.10. The second-order valence-electron chi connectivity index (χ2n) is 0.953. The smallest absolute Gasteiger partial charge is 0.271 e. The van der Waals surface area contributed by atoms with Crippen molar-refractivity contribution in [1.82, 2.24) is 4.98 Å². The number of thiazole rings is 1. The third kappa shape index (κ3) is 1.14. The van der Waals surface area contributed by atoms with Gasteiger partial charge in [0.05, 0.1) is 0 Å². The first-order chi connectivity index (χ1) is 3.29. The summed E-state index contributed by atoms with van der Waals surface area (Å²) in [7, 11) is 0. The Morgan fingerprint density at radius 3 is 2.71 bits per heavy atom. The molecule has 2 nitrogen and oxygen atoms in total. The van der Waals surface area contributed by atoms with Gasteiger partial charge in [-0.05, 0) is 15.9 Å². The molecule has 0 aliphatic carbocycles. The Kier molecular flexibility index (Phi) is 1.30. The van der Waals surface area contributed by atoms with Crippen molar-refractivity contribution in [2.75, 3.05) is 0 Å². The Morgan fingerprint density at radius 1 is 1.86 bits per heavy atom. The Labute approximate surface area is 53.0 Å². The summed E-state index contributed by atoms with van der Waals surface area (Å²) in [6, 6.07) is 0. The van der Waals surface area contributed by atoms with E-state index in [-0.39, 0.29) is 5.19 Å². The van der Waals surface area contributed by atoms with Gasteiger partial charge in [-0.3, -0.25) is 0 Å². The molecule has 0 unspecified atom stereocenters. The van der Waals surface area contributed by atoms with Gasteiger partial charge >= 0.3 is 0 Å². The number of aromatic nitrogens is 1. The predicted octanol–water partition coefficient (Wildman–Crippen LogP) is 1.61. The molecule has 0 aliphatic rings. The average molecular weight is 180 g/mol.